The fraction of sp³-hybridized carbons (Fsp3) is 0.286. The summed E-state index contributed by atoms with van der Waals surface area (Å²) in [6, 6.07) is 7.18. The predicted molar refractivity (Wildman–Crippen MR) is 74.8 cm³/mol. The van der Waals surface area contributed by atoms with Gasteiger partial charge in [0.15, 0.2) is 5.76 Å². The monoisotopic (exact) mass is 275 g/mol. The lowest BCUT2D eigenvalue weighted by Gasteiger charge is -2.11. The predicted octanol–water partition coefficient (Wildman–Crippen LogP) is 2.62. The Morgan fingerprint density at radius 1 is 1.35 bits per heavy atom. The molecule has 1 heterocycles. The Morgan fingerprint density at radius 3 is 2.65 bits per heavy atom. The first kappa shape index (κ1) is 13.9. The topological polar surface area (TPSA) is 76.4 Å². The molecule has 0 radical (unpaired) electrons. The summed E-state index contributed by atoms with van der Waals surface area (Å²) >= 11 is 0. The van der Waals surface area contributed by atoms with Gasteiger partial charge < -0.3 is 19.9 Å². The zero-order valence-corrected chi connectivity index (χ0v) is 11.7. The molecule has 2 N–H and O–H groups in total. The van der Waals surface area contributed by atoms with Gasteiger partial charge in [0.2, 0.25) is 0 Å². The number of amides is 2. The molecule has 0 atom stereocenters. The first-order chi connectivity index (χ1) is 9.60. The van der Waals surface area contributed by atoms with Gasteiger partial charge in [-0.05, 0) is 30.1 Å². The third-order valence-corrected chi connectivity index (χ3v) is 2.89. The number of carbonyl (C=O) groups excluding carboxylic acids is 1. The van der Waals surface area contributed by atoms with Crippen LogP contribution < -0.4 is 15.4 Å². The van der Waals surface area contributed by atoms with Crippen molar-refractivity contribution in [2.75, 3.05) is 12.4 Å². The van der Waals surface area contributed by atoms with Crippen molar-refractivity contribution in [1.29, 1.82) is 0 Å². The summed E-state index contributed by atoms with van der Waals surface area (Å²) in [7, 11) is 1.50. The zero-order valence-electron chi connectivity index (χ0n) is 11.7. The second kappa shape index (κ2) is 6.10. The van der Waals surface area contributed by atoms with E-state index >= 15 is 0 Å². The average Bonchev–Trinajstić information content (AvgIpc) is 2.89. The molecule has 0 spiro atoms. The number of anilines is 1. The van der Waals surface area contributed by atoms with Crippen molar-refractivity contribution in [3.63, 3.8) is 0 Å². The van der Waals surface area contributed by atoms with Gasteiger partial charge in [-0.3, -0.25) is 0 Å². The van der Waals surface area contributed by atoms with Crippen LogP contribution in [0.5, 0.6) is 5.88 Å². The molecule has 1 aromatic heterocycles. The van der Waals surface area contributed by atoms with Crippen molar-refractivity contribution in [3.8, 4) is 5.88 Å². The zero-order chi connectivity index (χ0) is 14.5. The Balaban J connectivity index is 1.92. The minimum atomic E-state index is -0.294. The van der Waals surface area contributed by atoms with Crippen molar-refractivity contribution < 1.29 is 14.1 Å². The molecular weight excluding hydrogens is 258 g/mol. The molecule has 0 saturated carbocycles. The number of aryl methyl sites for hydroxylation is 2. The number of rotatable bonds is 4. The van der Waals surface area contributed by atoms with E-state index in [4.69, 9.17) is 9.26 Å². The van der Waals surface area contributed by atoms with E-state index in [1.807, 2.05) is 32.0 Å². The maximum Gasteiger partial charge on any atom is 0.319 e. The number of methoxy groups -OCH3 is 1. The van der Waals surface area contributed by atoms with Gasteiger partial charge in [0.25, 0.3) is 5.88 Å². The molecule has 6 heteroatoms. The van der Waals surface area contributed by atoms with Crippen LogP contribution in [0.3, 0.4) is 0 Å². The molecule has 0 aliphatic rings. The van der Waals surface area contributed by atoms with E-state index in [1.54, 1.807) is 6.07 Å². The first-order valence-electron chi connectivity index (χ1n) is 6.21. The van der Waals surface area contributed by atoms with Crippen molar-refractivity contribution in [1.82, 2.24) is 10.5 Å². The molecule has 2 amide bonds. The van der Waals surface area contributed by atoms with E-state index in [0.29, 0.717) is 11.6 Å². The van der Waals surface area contributed by atoms with E-state index in [0.717, 1.165) is 16.8 Å². The Hall–Kier alpha value is -2.50. The Morgan fingerprint density at radius 2 is 2.05 bits per heavy atom. The number of nitrogens with zero attached hydrogens (tertiary/aromatic N) is 1. The number of carbonyl (C=O) groups is 1. The average molecular weight is 275 g/mol. The summed E-state index contributed by atoms with van der Waals surface area (Å²) in [5.41, 5.74) is 2.85. The SMILES string of the molecule is COc1cc(CNC(=O)Nc2c(C)cccc2C)on1. The molecule has 0 aliphatic heterocycles. The van der Waals surface area contributed by atoms with Crippen molar-refractivity contribution in [3.05, 3.63) is 41.2 Å². The smallest absolute Gasteiger partial charge is 0.319 e. The van der Waals surface area contributed by atoms with Gasteiger partial charge in [-0.15, -0.1) is 0 Å². The fourth-order valence-corrected chi connectivity index (χ4v) is 1.81. The molecule has 0 aliphatic carbocycles. The van der Waals surface area contributed by atoms with Crippen LogP contribution in [0.15, 0.2) is 28.8 Å². The minimum absolute atomic E-state index is 0.243. The van der Waals surface area contributed by atoms with Crippen LogP contribution in [0.4, 0.5) is 10.5 Å². The molecule has 0 saturated heterocycles. The lowest BCUT2D eigenvalue weighted by molar-refractivity contribution is 0.250. The molecule has 1 aromatic carbocycles. The maximum absolute atomic E-state index is 11.9. The van der Waals surface area contributed by atoms with Crippen LogP contribution in [0.1, 0.15) is 16.9 Å². The number of urea groups is 1. The van der Waals surface area contributed by atoms with E-state index < -0.39 is 0 Å². The summed E-state index contributed by atoms with van der Waals surface area (Å²) < 4.78 is 9.88. The number of ether oxygens (including phenoxy) is 1. The summed E-state index contributed by atoms with van der Waals surface area (Å²) in [5.74, 6) is 0.912. The molecule has 2 rings (SSSR count). The quantitative estimate of drug-likeness (QED) is 0.899. The highest BCUT2D eigenvalue weighted by Gasteiger charge is 2.09. The third-order valence-electron chi connectivity index (χ3n) is 2.89. The van der Waals surface area contributed by atoms with Crippen molar-refractivity contribution in [2.24, 2.45) is 0 Å². The standard InChI is InChI=1S/C14H17N3O3/c1-9-5-4-6-10(2)13(9)16-14(18)15-8-11-7-12(19-3)17-20-11/h4-7H,8H2,1-3H3,(H2,15,16,18). The van der Waals surface area contributed by atoms with Crippen LogP contribution in [0.25, 0.3) is 0 Å². The normalized spacial score (nSPS) is 10.2. The minimum Gasteiger partial charge on any atom is -0.479 e. The molecule has 0 bridgehead atoms. The lowest BCUT2D eigenvalue weighted by atomic mass is 10.1. The largest absolute Gasteiger partial charge is 0.479 e. The van der Waals surface area contributed by atoms with Gasteiger partial charge in [-0.1, -0.05) is 18.2 Å². The molecule has 0 fully saturated rings. The van der Waals surface area contributed by atoms with Crippen LogP contribution in [0, 0.1) is 13.8 Å². The molecule has 6 nitrogen and oxygen atoms in total. The molecule has 0 unspecified atom stereocenters. The molecule has 106 valence electrons. The van der Waals surface area contributed by atoms with Crippen LogP contribution in [-0.4, -0.2) is 18.3 Å². The van der Waals surface area contributed by atoms with Gasteiger partial charge in [0.1, 0.15) is 0 Å². The summed E-state index contributed by atoms with van der Waals surface area (Å²) in [6.45, 7) is 4.14. The van der Waals surface area contributed by atoms with Crippen molar-refractivity contribution in [2.45, 2.75) is 20.4 Å². The lowest BCUT2D eigenvalue weighted by Crippen LogP contribution is -2.28. The molecular formula is C14H17N3O3. The first-order valence-corrected chi connectivity index (χ1v) is 6.21. The number of hydrogen-bond donors (Lipinski definition) is 2. The van der Waals surface area contributed by atoms with Crippen molar-refractivity contribution >= 4 is 11.7 Å². The highest BCUT2D eigenvalue weighted by atomic mass is 16.5. The van der Waals surface area contributed by atoms with Gasteiger partial charge in [0, 0.05) is 11.8 Å². The fourth-order valence-electron chi connectivity index (χ4n) is 1.81. The van der Waals surface area contributed by atoms with E-state index in [1.165, 1.54) is 7.11 Å². The molecule has 20 heavy (non-hydrogen) atoms. The number of benzene rings is 1. The summed E-state index contributed by atoms with van der Waals surface area (Å²) in [6.07, 6.45) is 0. The van der Waals surface area contributed by atoms with E-state index in [2.05, 4.69) is 15.8 Å². The third kappa shape index (κ3) is 3.28. The maximum atomic E-state index is 11.9. The van der Waals surface area contributed by atoms with Gasteiger partial charge in [-0.25, -0.2) is 4.79 Å². The second-order valence-electron chi connectivity index (χ2n) is 4.41. The van der Waals surface area contributed by atoms with Gasteiger partial charge >= 0.3 is 6.03 Å². The van der Waals surface area contributed by atoms with Gasteiger partial charge in [0.05, 0.1) is 13.7 Å². The van der Waals surface area contributed by atoms with E-state index in [-0.39, 0.29) is 12.6 Å². The van der Waals surface area contributed by atoms with Crippen LogP contribution in [-0.2, 0) is 6.54 Å². The molecule has 2 aromatic rings. The Labute approximate surface area is 117 Å². The number of nitrogens with one attached hydrogen (secondary N) is 2. The highest BCUT2D eigenvalue weighted by Crippen LogP contribution is 2.19. The Kier molecular flexibility index (Phi) is 4.24. The Bertz CT molecular complexity index is 587. The van der Waals surface area contributed by atoms with Crippen LogP contribution in [0.2, 0.25) is 0 Å². The summed E-state index contributed by atoms with van der Waals surface area (Å²) in [5, 5.41) is 9.18. The number of hydrogen-bond acceptors (Lipinski definition) is 4. The number of aromatic nitrogens is 1. The summed E-state index contributed by atoms with van der Waals surface area (Å²) in [4.78, 5) is 11.9. The number of para-hydroxylation sites is 1. The van der Waals surface area contributed by atoms with Gasteiger partial charge in [-0.2, -0.15) is 0 Å². The highest BCUT2D eigenvalue weighted by molar-refractivity contribution is 5.90. The second-order valence-corrected chi connectivity index (χ2v) is 4.41. The van der Waals surface area contributed by atoms with Crippen LogP contribution >= 0.6 is 0 Å². The van der Waals surface area contributed by atoms with E-state index in [9.17, 15) is 4.79 Å².